The summed E-state index contributed by atoms with van der Waals surface area (Å²) in [7, 11) is 0. The number of carbonyl (C=O) groups is 1. The molecule has 2 heterocycles. The van der Waals surface area contributed by atoms with Gasteiger partial charge in [-0.15, -0.1) is 0 Å². The molecule has 0 N–H and O–H groups in total. The van der Waals surface area contributed by atoms with Crippen molar-refractivity contribution in [3.05, 3.63) is 11.7 Å². The van der Waals surface area contributed by atoms with Crippen LogP contribution >= 0.6 is 0 Å². The number of rotatable bonds is 4. The number of amides is 1. The largest absolute Gasteiger partial charge is 0.337 e. The van der Waals surface area contributed by atoms with E-state index < -0.39 is 0 Å². The van der Waals surface area contributed by atoms with Gasteiger partial charge in [-0.1, -0.05) is 24.9 Å². The summed E-state index contributed by atoms with van der Waals surface area (Å²) in [5, 5.41) is 4.05. The Bertz CT molecular complexity index is 480. The van der Waals surface area contributed by atoms with Crippen LogP contribution in [-0.2, 0) is 11.2 Å². The summed E-state index contributed by atoms with van der Waals surface area (Å²) in [5.41, 5.74) is 0. The zero-order valence-corrected chi connectivity index (χ0v) is 12.9. The van der Waals surface area contributed by atoms with Gasteiger partial charge in [-0.05, 0) is 38.5 Å². The zero-order valence-electron chi connectivity index (χ0n) is 12.9. The molecule has 5 heteroatoms. The van der Waals surface area contributed by atoms with Crippen molar-refractivity contribution < 1.29 is 9.32 Å². The molecule has 1 aliphatic heterocycles. The normalized spacial score (nSPS) is 23.7. The molecule has 3 rings (SSSR count). The Kier molecular flexibility index (Phi) is 4.56. The number of nitrogens with zero attached hydrogens (tertiary/aromatic N) is 3. The molecule has 2 aliphatic rings. The van der Waals surface area contributed by atoms with Crippen LogP contribution in [0.2, 0.25) is 0 Å². The first-order chi connectivity index (χ1) is 10.3. The maximum Gasteiger partial charge on any atom is 0.249 e. The Morgan fingerprint density at radius 2 is 2.00 bits per heavy atom. The molecule has 1 aromatic heterocycles. The Morgan fingerprint density at radius 3 is 2.76 bits per heavy atom. The first kappa shape index (κ1) is 14.5. The van der Waals surface area contributed by atoms with Crippen LogP contribution in [0.15, 0.2) is 4.52 Å². The van der Waals surface area contributed by atoms with Gasteiger partial charge in [0.2, 0.25) is 11.8 Å². The summed E-state index contributed by atoms with van der Waals surface area (Å²) in [6.07, 6.45) is 9.50. The lowest BCUT2D eigenvalue weighted by molar-refractivity contribution is -0.140. The molecule has 1 saturated carbocycles. The average Bonchev–Trinajstić information content (AvgIpc) is 3.18. The van der Waals surface area contributed by atoms with E-state index >= 15 is 0 Å². The molecule has 2 fully saturated rings. The minimum atomic E-state index is 0.00459. The SMILES string of the molecule is CCCc1noc(C2CCCCN2C(=O)C2CCCC2)n1. The fraction of sp³-hybridized carbons (Fsp3) is 0.812. The summed E-state index contributed by atoms with van der Waals surface area (Å²) in [6, 6.07) is 0.00459. The molecule has 1 unspecified atom stereocenters. The molecule has 21 heavy (non-hydrogen) atoms. The number of hydrogen-bond acceptors (Lipinski definition) is 4. The van der Waals surface area contributed by atoms with Crippen LogP contribution in [0.3, 0.4) is 0 Å². The number of aromatic nitrogens is 2. The third kappa shape index (κ3) is 3.11. The Labute approximate surface area is 126 Å². The van der Waals surface area contributed by atoms with Gasteiger partial charge in [0.25, 0.3) is 0 Å². The minimum absolute atomic E-state index is 0.00459. The van der Waals surface area contributed by atoms with Crippen molar-refractivity contribution in [3.8, 4) is 0 Å². The standard InChI is InChI=1S/C16H25N3O2/c1-2-7-14-17-15(21-18-14)13-10-5-6-11-19(13)16(20)12-8-3-4-9-12/h12-13H,2-11H2,1H3. The van der Waals surface area contributed by atoms with E-state index in [1.54, 1.807) is 0 Å². The topological polar surface area (TPSA) is 59.2 Å². The van der Waals surface area contributed by atoms with Crippen molar-refractivity contribution in [1.29, 1.82) is 0 Å². The fourth-order valence-corrected chi connectivity index (χ4v) is 3.59. The average molecular weight is 291 g/mol. The lowest BCUT2D eigenvalue weighted by Crippen LogP contribution is -2.41. The molecule has 5 nitrogen and oxygen atoms in total. The van der Waals surface area contributed by atoms with Gasteiger partial charge in [0, 0.05) is 18.9 Å². The van der Waals surface area contributed by atoms with E-state index in [1.807, 2.05) is 4.90 Å². The molecule has 116 valence electrons. The molecule has 1 aromatic rings. The maximum absolute atomic E-state index is 12.8. The highest BCUT2D eigenvalue weighted by molar-refractivity contribution is 5.79. The van der Waals surface area contributed by atoms with Crippen LogP contribution in [0.25, 0.3) is 0 Å². The molecule has 0 radical (unpaired) electrons. The predicted molar refractivity (Wildman–Crippen MR) is 78.6 cm³/mol. The molecular formula is C16H25N3O2. The van der Waals surface area contributed by atoms with E-state index in [0.717, 1.165) is 57.3 Å². The van der Waals surface area contributed by atoms with E-state index in [-0.39, 0.29) is 12.0 Å². The molecule has 1 atom stereocenters. The Hall–Kier alpha value is -1.39. The van der Waals surface area contributed by atoms with Crippen molar-refractivity contribution in [2.45, 2.75) is 70.8 Å². The minimum Gasteiger partial charge on any atom is -0.337 e. The molecule has 1 amide bonds. The van der Waals surface area contributed by atoms with Gasteiger partial charge < -0.3 is 9.42 Å². The van der Waals surface area contributed by atoms with Gasteiger partial charge in [-0.3, -0.25) is 4.79 Å². The van der Waals surface area contributed by atoms with Gasteiger partial charge in [0.15, 0.2) is 5.82 Å². The van der Waals surface area contributed by atoms with Crippen LogP contribution in [-0.4, -0.2) is 27.5 Å². The lowest BCUT2D eigenvalue weighted by Gasteiger charge is -2.35. The van der Waals surface area contributed by atoms with Gasteiger partial charge in [-0.25, -0.2) is 0 Å². The van der Waals surface area contributed by atoms with Crippen molar-refractivity contribution in [3.63, 3.8) is 0 Å². The van der Waals surface area contributed by atoms with E-state index in [4.69, 9.17) is 4.52 Å². The smallest absolute Gasteiger partial charge is 0.249 e. The first-order valence-electron chi connectivity index (χ1n) is 8.42. The highest BCUT2D eigenvalue weighted by Crippen LogP contribution is 2.34. The van der Waals surface area contributed by atoms with E-state index in [1.165, 1.54) is 12.8 Å². The third-order valence-corrected chi connectivity index (χ3v) is 4.73. The second-order valence-electron chi connectivity index (χ2n) is 6.32. The molecular weight excluding hydrogens is 266 g/mol. The van der Waals surface area contributed by atoms with Crippen molar-refractivity contribution in [2.24, 2.45) is 5.92 Å². The van der Waals surface area contributed by atoms with Gasteiger partial charge in [0.05, 0.1) is 0 Å². The number of carbonyl (C=O) groups excluding carboxylic acids is 1. The summed E-state index contributed by atoms with van der Waals surface area (Å²) in [5.74, 6) is 1.95. The zero-order chi connectivity index (χ0) is 14.7. The van der Waals surface area contributed by atoms with Crippen molar-refractivity contribution in [1.82, 2.24) is 15.0 Å². The highest BCUT2D eigenvalue weighted by Gasteiger charge is 2.36. The third-order valence-electron chi connectivity index (χ3n) is 4.73. The number of aryl methyl sites for hydroxylation is 1. The quantitative estimate of drug-likeness (QED) is 0.854. The van der Waals surface area contributed by atoms with Crippen LogP contribution < -0.4 is 0 Å². The van der Waals surface area contributed by atoms with Crippen LogP contribution in [0, 0.1) is 5.92 Å². The Morgan fingerprint density at radius 1 is 1.24 bits per heavy atom. The van der Waals surface area contributed by atoms with E-state index in [0.29, 0.717) is 11.8 Å². The monoisotopic (exact) mass is 291 g/mol. The lowest BCUT2D eigenvalue weighted by atomic mass is 9.98. The van der Waals surface area contributed by atoms with Crippen molar-refractivity contribution in [2.75, 3.05) is 6.54 Å². The molecule has 0 spiro atoms. The van der Waals surface area contributed by atoms with E-state index in [9.17, 15) is 4.79 Å². The maximum atomic E-state index is 12.8. The first-order valence-corrected chi connectivity index (χ1v) is 8.42. The van der Waals surface area contributed by atoms with Gasteiger partial charge in [0.1, 0.15) is 6.04 Å². The fourth-order valence-electron chi connectivity index (χ4n) is 3.59. The molecule has 1 saturated heterocycles. The summed E-state index contributed by atoms with van der Waals surface area (Å²) in [6.45, 7) is 2.94. The number of piperidine rings is 1. The van der Waals surface area contributed by atoms with Crippen molar-refractivity contribution >= 4 is 5.91 Å². The molecule has 1 aliphatic carbocycles. The number of hydrogen-bond donors (Lipinski definition) is 0. The molecule has 0 aromatic carbocycles. The Balaban J connectivity index is 1.75. The summed E-state index contributed by atoms with van der Waals surface area (Å²) >= 11 is 0. The number of likely N-dealkylation sites (tertiary alicyclic amines) is 1. The summed E-state index contributed by atoms with van der Waals surface area (Å²) in [4.78, 5) is 19.3. The van der Waals surface area contributed by atoms with E-state index in [2.05, 4.69) is 17.1 Å². The summed E-state index contributed by atoms with van der Waals surface area (Å²) < 4.78 is 5.44. The molecule has 0 bridgehead atoms. The van der Waals surface area contributed by atoms with Crippen LogP contribution in [0.5, 0.6) is 0 Å². The van der Waals surface area contributed by atoms with Crippen LogP contribution in [0.4, 0.5) is 0 Å². The van der Waals surface area contributed by atoms with Gasteiger partial charge >= 0.3 is 0 Å². The van der Waals surface area contributed by atoms with Crippen LogP contribution in [0.1, 0.15) is 76.0 Å². The van der Waals surface area contributed by atoms with Gasteiger partial charge in [-0.2, -0.15) is 4.98 Å². The second kappa shape index (κ2) is 6.58. The second-order valence-corrected chi connectivity index (χ2v) is 6.32. The highest BCUT2D eigenvalue weighted by atomic mass is 16.5. The predicted octanol–water partition coefficient (Wildman–Crippen LogP) is 3.27.